The van der Waals surface area contributed by atoms with E-state index in [1.807, 2.05) is 20.8 Å². The van der Waals surface area contributed by atoms with Crippen LogP contribution in [0.3, 0.4) is 0 Å². The van der Waals surface area contributed by atoms with E-state index in [-0.39, 0.29) is 12.1 Å². The molecule has 0 bridgehead atoms. The molecule has 0 radical (unpaired) electrons. The van der Waals surface area contributed by atoms with Gasteiger partial charge < -0.3 is 20.8 Å². The summed E-state index contributed by atoms with van der Waals surface area (Å²) in [6.07, 6.45) is -0.0168. The molecule has 2 amide bonds. The van der Waals surface area contributed by atoms with Gasteiger partial charge in [0.15, 0.2) is 6.10 Å². The molecule has 0 saturated carbocycles. The van der Waals surface area contributed by atoms with Crippen molar-refractivity contribution in [3.8, 4) is 0 Å². The number of hydrogen-bond donors (Lipinski definition) is 4. The standard InChI is InChI=1S/C10H20N2O4/c1-4-10(3,5-2)12-9(16)11-6-7(13)8(14)15/h7,13H,4-6H2,1-3H3,(H,14,15)(H2,11,12,16)/t7-/m0/s1. The molecule has 0 saturated heterocycles. The molecule has 0 aromatic rings. The van der Waals surface area contributed by atoms with E-state index in [4.69, 9.17) is 10.2 Å². The molecule has 0 rings (SSSR count). The molecule has 0 aliphatic rings. The molecule has 0 heterocycles. The lowest BCUT2D eigenvalue weighted by atomic mass is 9.96. The van der Waals surface area contributed by atoms with Gasteiger partial charge in [-0.25, -0.2) is 9.59 Å². The van der Waals surface area contributed by atoms with Crippen LogP contribution in [0.2, 0.25) is 0 Å². The van der Waals surface area contributed by atoms with Gasteiger partial charge in [0.1, 0.15) is 0 Å². The molecule has 16 heavy (non-hydrogen) atoms. The monoisotopic (exact) mass is 232 g/mol. The van der Waals surface area contributed by atoms with Crippen LogP contribution >= 0.6 is 0 Å². The third kappa shape index (κ3) is 4.97. The first-order valence-electron chi connectivity index (χ1n) is 5.31. The Bertz CT molecular complexity index is 251. The van der Waals surface area contributed by atoms with Gasteiger partial charge in [-0.2, -0.15) is 0 Å². The van der Waals surface area contributed by atoms with Gasteiger partial charge in [0.2, 0.25) is 0 Å². The van der Waals surface area contributed by atoms with E-state index in [2.05, 4.69) is 10.6 Å². The Kier molecular flexibility index (Phi) is 5.81. The van der Waals surface area contributed by atoms with Gasteiger partial charge in [-0.05, 0) is 19.8 Å². The van der Waals surface area contributed by atoms with E-state index in [9.17, 15) is 9.59 Å². The second kappa shape index (κ2) is 6.32. The van der Waals surface area contributed by atoms with Crippen LogP contribution in [0.5, 0.6) is 0 Å². The zero-order valence-corrected chi connectivity index (χ0v) is 9.91. The second-order valence-corrected chi connectivity index (χ2v) is 3.96. The summed E-state index contributed by atoms with van der Waals surface area (Å²) in [5.41, 5.74) is -0.307. The molecule has 0 aromatic heterocycles. The molecule has 1 atom stereocenters. The van der Waals surface area contributed by atoms with Crippen molar-refractivity contribution < 1.29 is 19.8 Å². The van der Waals surface area contributed by atoms with Crippen molar-refractivity contribution >= 4 is 12.0 Å². The number of aliphatic hydroxyl groups is 1. The van der Waals surface area contributed by atoms with Crippen LogP contribution in [-0.4, -0.2) is 40.4 Å². The molecule has 0 aromatic carbocycles. The number of carboxylic acid groups (broad SMARTS) is 1. The number of amides is 2. The summed E-state index contributed by atoms with van der Waals surface area (Å²) in [5, 5.41) is 22.4. The molecule has 0 aliphatic carbocycles. The van der Waals surface area contributed by atoms with Gasteiger partial charge in [0, 0.05) is 5.54 Å². The lowest BCUT2D eigenvalue weighted by molar-refractivity contribution is -0.146. The minimum Gasteiger partial charge on any atom is -0.479 e. The zero-order chi connectivity index (χ0) is 12.8. The third-order valence-corrected chi connectivity index (χ3v) is 2.72. The lowest BCUT2D eigenvalue weighted by Crippen LogP contribution is -2.51. The number of aliphatic carboxylic acids is 1. The van der Waals surface area contributed by atoms with Crippen molar-refractivity contribution in [2.45, 2.75) is 45.3 Å². The predicted molar refractivity (Wildman–Crippen MR) is 59.2 cm³/mol. The molecule has 94 valence electrons. The maximum absolute atomic E-state index is 11.4. The van der Waals surface area contributed by atoms with Crippen LogP contribution in [0.15, 0.2) is 0 Å². The van der Waals surface area contributed by atoms with Crippen LogP contribution in [0, 0.1) is 0 Å². The van der Waals surface area contributed by atoms with E-state index < -0.39 is 18.1 Å². The highest BCUT2D eigenvalue weighted by Crippen LogP contribution is 2.12. The Hall–Kier alpha value is -1.30. The Labute approximate surface area is 95.0 Å². The maximum Gasteiger partial charge on any atom is 0.334 e. The Morgan fingerprint density at radius 1 is 1.31 bits per heavy atom. The van der Waals surface area contributed by atoms with Gasteiger partial charge in [-0.15, -0.1) is 0 Å². The average Bonchev–Trinajstić information content (AvgIpc) is 2.25. The van der Waals surface area contributed by atoms with Crippen LogP contribution in [0.25, 0.3) is 0 Å². The maximum atomic E-state index is 11.4. The van der Waals surface area contributed by atoms with E-state index in [1.54, 1.807) is 0 Å². The van der Waals surface area contributed by atoms with Crippen molar-refractivity contribution in [1.29, 1.82) is 0 Å². The van der Waals surface area contributed by atoms with Gasteiger partial charge in [0.05, 0.1) is 6.54 Å². The largest absolute Gasteiger partial charge is 0.479 e. The first-order chi connectivity index (χ1) is 7.34. The topological polar surface area (TPSA) is 98.7 Å². The minimum atomic E-state index is -1.57. The lowest BCUT2D eigenvalue weighted by Gasteiger charge is -2.28. The molecule has 6 heteroatoms. The first-order valence-corrected chi connectivity index (χ1v) is 5.31. The average molecular weight is 232 g/mol. The first kappa shape index (κ1) is 14.7. The Balaban J connectivity index is 4.04. The number of carboxylic acids is 1. The summed E-state index contributed by atoms with van der Waals surface area (Å²) in [6.45, 7) is 5.51. The number of urea groups is 1. The van der Waals surface area contributed by atoms with Crippen molar-refractivity contribution in [3.05, 3.63) is 0 Å². The highest BCUT2D eigenvalue weighted by atomic mass is 16.4. The van der Waals surface area contributed by atoms with E-state index in [0.29, 0.717) is 0 Å². The van der Waals surface area contributed by atoms with Gasteiger partial charge in [-0.3, -0.25) is 0 Å². The summed E-state index contributed by atoms with van der Waals surface area (Å²) in [4.78, 5) is 21.7. The summed E-state index contributed by atoms with van der Waals surface area (Å²) in [5.74, 6) is -1.35. The molecular weight excluding hydrogens is 212 g/mol. The summed E-state index contributed by atoms with van der Waals surface area (Å²) in [6, 6.07) is -0.466. The Morgan fingerprint density at radius 3 is 2.19 bits per heavy atom. The molecule has 0 spiro atoms. The molecule has 6 nitrogen and oxygen atoms in total. The van der Waals surface area contributed by atoms with E-state index >= 15 is 0 Å². The quantitative estimate of drug-likeness (QED) is 0.529. The smallest absolute Gasteiger partial charge is 0.334 e. The fourth-order valence-corrected chi connectivity index (χ4v) is 1.02. The SMILES string of the molecule is CCC(C)(CC)NC(=O)NC[C@H](O)C(=O)O. The van der Waals surface area contributed by atoms with Gasteiger partial charge in [-0.1, -0.05) is 13.8 Å². The van der Waals surface area contributed by atoms with Crippen LogP contribution in [-0.2, 0) is 4.79 Å². The number of hydrogen-bond acceptors (Lipinski definition) is 3. The minimum absolute atomic E-state index is 0.301. The van der Waals surface area contributed by atoms with Crippen LogP contribution in [0.1, 0.15) is 33.6 Å². The summed E-state index contributed by atoms with van der Waals surface area (Å²) in [7, 11) is 0. The number of nitrogens with one attached hydrogen (secondary N) is 2. The third-order valence-electron chi connectivity index (χ3n) is 2.72. The highest BCUT2D eigenvalue weighted by molar-refractivity contribution is 5.77. The van der Waals surface area contributed by atoms with Crippen LogP contribution in [0.4, 0.5) is 4.79 Å². The second-order valence-electron chi connectivity index (χ2n) is 3.96. The highest BCUT2D eigenvalue weighted by Gasteiger charge is 2.22. The fourth-order valence-electron chi connectivity index (χ4n) is 1.02. The van der Waals surface area contributed by atoms with E-state index in [1.165, 1.54) is 0 Å². The summed E-state index contributed by atoms with van der Waals surface area (Å²) >= 11 is 0. The molecule has 0 aliphatic heterocycles. The van der Waals surface area contributed by atoms with Crippen molar-refractivity contribution in [1.82, 2.24) is 10.6 Å². The van der Waals surface area contributed by atoms with E-state index in [0.717, 1.165) is 12.8 Å². The molecule has 0 unspecified atom stereocenters. The molecule has 4 N–H and O–H groups in total. The van der Waals surface area contributed by atoms with Crippen molar-refractivity contribution in [2.75, 3.05) is 6.54 Å². The number of carbonyl (C=O) groups excluding carboxylic acids is 1. The van der Waals surface area contributed by atoms with Gasteiger partial charge >= 0.3 is 12.0 Å². The van der Waals surface area contributed by atoms with Crippen molar-refractivity contribution in [3.63, 3.8) is 0 Å². The number of rotatable bonds is 6. The van der Waals surface area contributed by atoms with Crippen LogP contribution < -0.4 is 10.6 Å². The predicted octanol–water partition coefficient (Wildman–Crippen LogP) is 0.310. The van der Waals surface area contributed by atoms with Gasteiger partial charge in [0.25, 0.3) is 0 Å². The van der Waals surface area contributed by atoms with Crippen molar-refractivity contribution in [2.24, 2.45) is 0 Å². The Morgan fingerprint density at radius 2 is 1.81 bits per heavy atom. The fraction of sp³-hybridized carbons (Fsp3) is 0.800. The number of aliphatic hydroxyl groups excluding tert-OH is 1. The molecule has 0 fully saturated rings. The summed E-state index contributed by atoms with van der Waals surface area (Å²) < 4.78 is 0. The normalized spacial score (nSPS) is 13.0. The zero-order valence-electron chi connectivity index (χ0n) is 9.91. The molecular formula is C10H20N2O4. The number of carbonyl (C=O) groups is 2.